The summed E-state index contributed by atoms with van der Waals surface area (Å²) in [5, 5.41) is 4.90. The first-order valence-corrected chi connectivity index (χ1v) is 13.7. The predicted molar refractivity (Wildman–Crippen MR) is 158 cm³/mol. The van der Waals surface area contributed by atoms with Crippen molar-refractivity contribution in [3.8, 4) is 34.3 Å². The largest absolute Gasteiger partial charge is 0.497 e. The summed E-state index contributed by atoms with van der Waals surface area (Å²) in [6.45, 7) is 0.457. The minimum Gasteiger partial charge on any atom is -0.497 e. The van der Waals surface area contributed by atoms with Crippen molar-refractivity contribution in [2.24, 2.45) is 0 Å². The first-order valence-electron chi connectivity index (χ1n) is 13.7. The van der Waals surface area contributed by atoms with E-state index in [0.717, 1.165) is 27.7 Å². The van der Waals surface area contributed by atoms with Crippen LogP contribution in [-0.4, -0.2) is 36.3 Å². The fraction of sp³-hybridized carbons (Fsp3) is 0.147. The Morgan fingerprint density at radius 2 is 1.23 bits per heavy atom. The van der Waals surface area contributed by atoms with Crippen molar-refractivity contribution in [3.05, 3.63) is 125 Å². The van der Waals surface area contributed by atoms with E-state index >= 15 is 0 Å². The molecule has 4 aromatic carbocycles. The number of rotatable bonds is 12. The molecule has 0 atom stereocenters. The van der Waals surface area contributed by atoms with Crippen LogP contribution < -0.4 is 18.9 Å². The van der Waals surface area contributed by atoms with E-state index in [-0.39, 0.29) is 6.61 Å². The average molecular weight is 593 g/mol. The summed E-state index contributed by atoms with van der Waals surface area (Å²) in [7, 11) is 3.24. The highest BCUT2D eigenvalue weighted by Crippen LogP contribution is 2.34. The second-order valence-electron chi connectivity index (χ2n) is 9.84. The molecule has 44 heavy (non-hydrogen) atoms. The Kier molecular flexibility index (Phi) is 8.24. The summed E-state index contributed by atoms with van der Waals surface area (Å²) in [4.78, 5) is 30.7. The molecule has 2 amide bonds. The molecule has 0 aliphatic carbocycles. The molecule has 10 heteroatoms. The quantitative estimate of drug-likeness (QED) is 0.155. The molecular weight excluding hydrogens is 564 g/mol. The number of amides is 2. The van der Waals surface area contributed by atoms with Gasteiger partial charge in [0.1, 0.15) is 37.0 Å². The summed E-state index contributed by atoms with van der Waals surface area (Å²) >= 11 is 0. The van der Waals surface area contributed by atoms with Crippen LogP contribution in [0.3, 0.4) is 0 Å². The van der Waals surface area contributed by atoms with E-state index in [1.165, 1.54) is 0 Å². The molecule has 1 aliphatic rings. The molecule has 0 bridgehead atoms. The maximum atomic E-state index is 12.6. The monoisotopic (exact) mass is 592 g/mol. The number of aromatic nitrogens is 1. The van der Waals surface area contributed by atoms with Gasteiger partial charge in [0.25, 0.3) is 11.8 Å². The van der Waals surface area contributed by atoms with Gasteiger partial charge in [-0.1, -0.05) is 41.6 Å². The average Bonchev–Trinajstić information content (AvgIpc) is 3.64. The van der Waals surface area contributed by atoms with Crippen LogP contribution in [0.15, 0.2) is 102 Å². The van der Waals surface area contributed by atoms with Gasteiger partial charge >= 0.3 is 0 Å². The zero-order chi connectivity index (χ0) is 30.5. The predicted octanol–water partition coefficient (Wildman–Crippen LogP) is 6.24. The van der Waals surface area contributed by atoms with Gasteiger partial charge in [0.15, 0.2) is 17.3 Å². The van der Waals surface area contributed by atoms with Gasteiger partial charge in [0.05, 0.1) is 25.3 Å². The number of methoxy groups -OCH3 is 2. The molecule has 2 heterocycles. The molecule has 0 saturated carbocycles. The lowest BCUT2D eigenvalue weighted by molar-refractivity contribution is -0.106. The van der Waals surface area contributed by atoms with Gasteiger partial charge in [-0.05, 0) is 65.7 Å². The van der Waals surface area contributed by atoms with Crippen LogP contribution in [0.4, 0.5) is 0 Å². The van der Waals surface area contributed by atoms with Gasteiger partial charge in [-0.25, -0.2) is 0 Å². The van der Waals surface area contributed by atoms with Gasteiger partial charge in [0.2, 0.25) is 0 Å². The van der Waals surface area contributed by atoms with E-state index in [4.69, 9.17) is 28.3 Å². The van der Waals surface area contributed by atoms with Crippen LogP contribution in [0.2, 0.25) is 0 Å². The van der Waals surface area contributed by atoms with E-state index in [0.29, 0.717) is 52.9 Å². The fourth-order valence-electron chi connectivity index (χ4n) is 4.59. The van der Waals surface area contributed by atoms with Crippen LogP contribution in [0, 0.1) is 0 Å². The second-order valence-corrected chi connectivity index (χ2v) is 9.84. The minimum atomic E-state index is -0.519. The number of hydrogen-bond acceptors (Lipinski definition) is 9. The summed E-state index contributed by atoms with van der Waals surface area (Å²) in [5.74, 6) is 1.88. The summed E-state index contributed by atoms with van der Waals surface area (Å²) < 4.78 is 28.3. The lowest BCUT2D eigenvalue weighted by atomic mass is 10.1. The first kappa shape index (κ1) is 28.5. The fourth-order valence-corrected chi connectivity index (χ4v) is 4.59. The maximum absolute atomic E-state index is 12.6. The smallest absolute Gasteiger partial charge is 0.285 e. The van der Waals surface area contributed by atoms with Crippen molar-refractivity contribution >= 4 is 11.8 Å². The van der Waals surface area contributed by atoms with E-state index in [9.17, 15) is 9.59 Å². The number of imide groups is 1. The number of benzene rings is 4. The van der Waals surface area contributed by atoms with E-state index in [2.05, 4.69) is 5.16 Å². The van der Waals surface area contributed by atoms with Crippen molar-refractivity contribution in [1.82, 2.24) is 10.2 Å². The summed E-state index contributed by atoms with van der Waals surface area (Å²) in [6.07, 6.45) is 0. The van der Waals surface area contributed by atoms with Crippen molar-refractivity contribution in [3.63, 3.8) is 0 Å². The Balaban J connectivity index is 1.17. The Morgan fingerprint density at radius 1 is 0.659 bits per heavy atom. The van der Waals surface area contributed by atoms with Gasteiger partial charge in [0, 0.05) is 11.6 Å². The first-order chi connectivity index (χ1) is 21.5. The lowest BCUT2D eigenvalue weighted by Crippen LogP contribution is -2.29. The molecule has 0 N–H and O–H groups in total. The third kappa shape index (κ3) is 6.11. The minimum absolute atomic E-state index is 0.164. The molecule has 1 aromatic heterocycles. The van der Waals surface area contributed by atoms with Crippen molar-refractivity contribution in [2.45, 2.75) is 19.8 Å². The van der Waals surface area contributed by atoms with Crippen molar-refractivity contribution in [2.75, 3.05) is 14.2 Å². The molecule has 1 aliphatic heterocycles. The van der Waals surface area contributed by atoms with Gasteiger partial charge in [-0.3, -0.25) is 14.4 Å². The van der Waals surface area contributed by atoms with Crippen LogP contribution >= 0.6 is 0 Å². The lowest BCUT2D eigenvalue weighted by Gasteiger charge is -2.14. The van der Waals surface area contributed by atoms with Crippen molar-refractivity contribution in [1.29, 1.82) is 0 Å². The summed E-state index contributed by atoms with van der Waals surface area (Å²) in [5.41, 5.74) is 3.74. The number of ether oxygens (including phenoxy) is 4. The van der Waals surface area contributed by atoms with E-state index in [1.807, 2.05) is 66.7 Å². The molecular formula is C34H28N2O8. The maximum Gasteiger partial charge on any atom is 0.285 e. The van der Waals surface area contributed by atoms with Crippen LogP contribution in [0.25, 0.3) is 11.3 Å². The Bertz CT molecular complexity index is 1750. The van der Waals surface area contributed by atoms with Gasteiger partial charge < -0.3 is 23.5 Å². The van der Waals surface area contributed by atoms with Gasteiger partial charge in [-0.2, -0.15) is 0 Å². The highest BCUT2D eigenvalue weighted by atomic mass is 16.7. The standard InChI is InChI=1S/C34H28N2O8/c1-39-25-12-7-22(8-13-25)19-41-31-16-11-24(17-32(31)42-20-23-9-14-26(40-2)15-10-23)30-18-27(44-35-30)21-43-36-33(37)28-5-3-4-6-29(28)34(36)38/h3-18H,19-21H2,1-2H3. The molecule has 0 spiro atoms. The van der Waals surface area contributed by atoms with Gasteiger partial charge in [-0.15, -0.1) is 5.06 Å². The SMILES string of the molecule is COc1ccc(COc2ccc(-c3cc(CON4C(=O)c5ccccc5C4=O)on3)cc2OCc2ccc(OC)cc2)cc1. The molecule has 6 rings (SSSR count). The van der Waals surface area contributed by atoms with Crippen LogP contribution in [0.5, 0.6) is 23.0 Å². The molecule has 0 radical (unpaired) electrons. The highest BCUT2D eigenvalue weighted by Gasteiger charge is 2.36. The van der Waals surface area contributed by atoms with E-state index in [1.54, 1.807) is 44.6 Å². The number of carbonyl (C=O) groups excluding carboxylic acids is 2. The Labute approximate surface area is 253 Å². The topological polar surface area (TPSA) is 110 Å². The third-order valence-electron chi connectivity index (χ3n) is 7.00. The number of carbonyl (C=O) groups is 2. The van der Waals surface area contributed by atoms with Crippen molar-refractivity contribution < 1.29 is 37.9 Å². The number of nitrogens with zero attached hydrogens (tertiary/aromatic N) is 2. The zero-order valence-electron chi connectivity index (χ0n) is 24.0. The molecule has 5 aromatic rings. The van der Waals surface area contributed by atoms with E-state index < -0.39 is 11.8 Å². The van der Waals surface area contributed by atoms with Crippen LogP contribution in [0.1, 0.15) is 37.6 Å². The molecule has 222 valence electrons. The zero-order valence-corrected chi connectivity index (χ0v) is 24.0. The number of fused-ring (bicyclic) bond motifs is 1. The third-order valence-corrected chi connectivity index (χ3v) is 7.00. The highest BCUT2D eigenvalue weighted by molar-refractivity contribution is 6.20. The normalized spacial score (nSPS) is 12.3. The number of hydroxylamine groups is 2. The molecule has 10 nitrogen and oxygen atoms in total. The Hall–Kier alpha value is -5.61. The van der Waals surface area contributed by atoms with Crippen LogP contribution in [-0.2, 0) is 24.7 Å². The number of hydrogen-bond donors (Lipinski definition) is 0. The summed E-state index contributed by atoms with van der Waals surface area (Å²) in [6, 6.07) is 29.0. The molecule has 0 unspecified atom stereocenters. The Morgan fingerprint density at radius 3 is 1.80 bits per heavy atom. The molecule has 0 saturated heterocycles. The molecule has 0 fully saturated rings. The second kappa shape index (κ2) is 12.7.